The lowest BCUT2D eigenvalue weighted by molar-refractivity contribution is -0.384. The first-order valence-corrected chi connectivity index (χ1v) is 13.6. The molecule has 0 atom stereocenters. The lowest BCUT2D eigenvalue weighted by atomic mass is 10.1. The highest BCUT2D eigenvalue weighted by Gasteiger charge is 2.33. The van der Waals surface area contributed by atoms with Crippen LogP contribution in [0.1, 0.15) is 22.3 Å². The van der Waals surface area contributed by atoms with E-state index in [2.05, 4.69) is 0 Å². The summed E-state index contributed by atoms with van der Waals surface area (Å²) in [5.74, 6) is 0.384. The smallest absolute Gasteiger partial charge is 0.269 e. The number of carbonyl (C=O) groups is 1. The highest BCUT2D eigenvalue weighted by Crippen LogP contribution is 2.36. The first-order valence-electron chi connectivity index (χ1n) is 12.5. The molecule has 1 saturated heterocycles. The number of amidine groups is 1. The molecule has 1 heterocycles. The first-order chi connectivity index (χ1) is 19.5. The monoisotopic (exact) mass is 569 g/mol. The van der Waals surface area contributed by atoms with Gasteiger partial charge in [-0.2, -0.15) is 0 Å². The van der Waals surface area contributed by atoms with Crippen molar-refractivity contribution in [1.82, 2.24) is 4.90 Å². The van der Waals surface area contributed by atoms with E-state index in [4.69, 9.17) is 21.3 Å². The Morgan fingerprint density at radius 2 is 1.57 bits per heavy atom. The molecule has 0 aromatic heterocycles. The van der Waals surface area contributed by atoms with Gasteiger partial charge in [-0.1, -0.05) is 72.3 Å². The van der Waals surface area contributed by atoms with Crippen molar-refractivity contribution in [2.75, 3.05) is 0 Å². The minimum Gasteiger partial charge on any atom is -0.488 e. The van der Waals surface area contributed by atoms with Crippen LogP contribution in [0.4, 0.5) is 5.69 Å². The third-order valence-corrected chi connectivity index (χ3v) is 7.39. The number of thioether (sulfide) groups is 1. The highest BCUT2D eigenvalue weighted by atomic mass is 35.5. The zero-order chi connectivity index (χ0) is 27.9. The lowest BCUT2D eigenvalue weighted by Crippen LogP contribution is -2.28. The number of aliphatic imine (C=N–C) groups is 1. The number of nitrogens with zero attached hydrogens (tertiary/aromatic N) is 3. The number of carbonyl (C=O) groups excluding carboxylic acids is 1. The van der Waals surface area contributed by atoms with Crippen molar-refractivity contribution in [1.29, 1.82) is 0 Å². The average molecular weight is 570 g/mol. The Kier molecular flexibility index (Phi) is 8.59. The van der Waals surface area contributed by atoms with Gasteiger partial charge in [0.15, 0.2) is 5.17 Å². The van der Waals surface area contributed by atoms with Crippen molar-refractivity contribution < 1.29 is 14.5 Å². The Hall–Kier alpha value is -4.40. The number of ether oxygens (including phenoxy) is 1. The second-order valence-corrected chi connectivity index (χ2v) is 10.4. The molecule has 1 aliphatic rings. The molecule has 4 aromatic rings. The van der Waals surface area contributed by atoms with Gasteiger partial charge in [0, 0.05) is 22.7 Å². The van der Waals surface area contributed by atoms with Gasteiger partial charge in [0.05, 0.1) is 22.9 Å². The molecule has 200 valence electrons. The van der Waals surface area contributed by atoms with Crippen LogP contribution < -0.4 is 4.74 Å². The van der Waals surface area contributed by atoms with E-state index in [-0.39, 0.29) is 18.2 Å². The molecule has 1 fully saturated rings. The fourth-order valence-corrected chi connectivity index (χ4v) is 5.20. The second kappa shape index (κ2) is 12.6. The fraction of sp³-hybridized carbons (Fsp3) is 0.0968. The minimum atomic E-state index is -0.442. The summed E-state index contributed by atoms with van der Waals surface area (Å²) in [5.41, 5.74) is 3.49. The molecule has 0 N–H and O–H groups in total. The van der Waals surface area contributed by atoms with Gasteiger partial charge >= 0.3 is 0 Å². The van der Waals surface area contributed by atoms with E-state index in [1.165, 1.54) is 23.9 Å². The second-order valence-electron chi connectivity index (χ2n) is 8.97. The van der Waals surface area contributed by atoms with Crippen LogP contribution >= 0.6 is 23.4 Å². The topological polar surface area (TPSA) is 85.0 Å². The maximum absolute atomic E-state index is 13.6. The molecule has 5 rings (SSSR count). The Morgan fingerprint density at radius 3 is 2.25 bits per heavy atom. The van der Waals surface area contributed by atoms with Crippen molar-refractivity contribution in [2.45, 2.75) is 19.7 Å². The summed E-state index contributed by atoms with van der Waals surface area (Å²) in [5, 5.41) is 12.1. The molecule has 0 saturated carbocycles. The van der Waals surface area contributed by atoms with Crippen LogP contribution in [0, 0.1) is 10.1 Å². The summed E-state index contributed by atoms with van der Waals surface area (Å²) < 4.78 is 6.04. The van der Waals surface area contributed by atoms with Gasteiger partial charge < -0.3 is 4.74 Å². The fourth-order valence-electron chi connectivity index (χ4n) is 4.05. The maximum Gasteiger partial charge on any atom is 0.269 e. The molecule has 40 heavy (non-hydrogen) atoms. The zero-order valence-corrected chi connectivity index (χ0v) is 22.8. The number of benzene rings is 4. The van der Waals surface area contributed by atoms with Crippen molar-refractivity contribution in [3.05, 3.63) is 145 Å². The standard InChI is InChI=1S/C31H24ClN3O4S/c32-26-13-16-28(39-21-24-11-14-27(15-12-24)35(37)38)25(17-26)18-29-30(36)34(20-23-9-5-2-6-10-23)31(40-29)33-19-22-7-3-1-4-8-22/h1-18H,19-21H2/b29-18+,33-31?. The molecule has 0 radical (unpaired) electrons. The molecule has 0 bridgehead atoms. The lowest BCUT2D eigenvalue weighted by Gasteiger charge is -2.15. The molecule has 1 amide bonds. The number of hydrogen-bond donors (Lipinski definition) is 0. The zero-order valence-electron chi connectivity index (χ0n) is 21.3. The average Bonchev–Trinajstić information content (AvgIpc) is 3.26. The number of halogens is 1. The molecule has 7 nitrogen and oxygen atoms in total. The summed E-state index contributed by atoms with van der Waals surface area (Å²) in [7, 11) is 0. The molecule has 9 heteroatoms. The Morgan fingerprint density at radius 1 is 0.900 bits per heavy atom. The summed E-state index contributed by atoms with van der Waals surface area (Å²) in [6.07, 6.45) is 1.77. The summed E-state index contributed by atoms with van der Waals surface area (Å²) in [6.45, 7) is 1.05. The number of nitro benzene ring substituents is 1. The van der Waals surface area contributed by atoms with Gasteiger partial charge in [-0.05, 0) is 64.9 Å². The largest absolute Gasteiger partial charge is 0.488 e. The van der Waals surface area contributed by atoms with E-state index in [1.807, 2.05) is 60.7 Å². The van der Waals surface area contributed by atoms with Crippen LogP contribution in [0.3, 0.4) is 0 Å². The third-order valence-electron chi connectivity index (χ3n) is 6.11. The van der Waals surface area contributed by atoms with E-state index in [9.17, 15) is 14.9 Å². The Bertz CT molecular complexity index is 1580. The normalized spacial score (nSPS) is 15.1. The molecular weight excluding hydrogens is 546 g/mol. The van der Waals surface area contributed by atoms with E-state index in [1.54, 1.807) is 41.3 Å². The number of rotatable bonds is 9. The number of hydrogen-bond acceptors (Lipinski definition) is 6. The van der Waals surface area contributed by atoms with Crippen molar-refractivity contribution in [3.8, 4) is 5.75 Å². The van der Waals surface area contributed by atoms with Crippen molar-refractivity contribution in [2.24, 2.45) is 4.99 Å². The van der Waals surface area contributed by atoms with Gasteiger partial charge in [-0.25, -0.2) is 0 Å². The van der Waals surface area contributed by atoms with Crippen molar-refractivity contribution >= 4 is 46.2 Å². The predicted octanol–water partition coefficient (Wildman–Crippen LogP) is 7.50. The molecule has 0 aliphatic carbocycles. The third kappa shape index (κ3) is 6.77. The van der Waals surface area contributed by atoms with Crippen LogP contribution in [0.15, 0.2) is 113 Å². The predicted molar refractivity (Wildman–Crippen MR) is 159 cm³/mol. The van der Waals surface area contributed by atoms with Gasteiger partial charge in [0.1, 0.15) is 12.4 Å². The Balaban J connectivity index is 1.41. The van der Waals surface area contributed by atoms with Crippen LogP contribution in [-0.4, -0.2) is 20.9 Å². The Labute approximate surface area is 240 Å². The van der Waals surface area contributed by atoms with Gasteiger partial charge in [0.25, 0.3) is 11.6 Å². The van der Waals surface area contributed by atoms with Crippen LogP contribution in [0.5, 0.6) is 5.75 Å². The number of nitro groups is 1. The van der Waals surface area contributed by atoms with E-state index in [0.717, 1.165) is 16.7 Å². The van der Waals surface area contributed by atoms with Crippen LogP contribution in [0.2, 0.25) is 5.02 Å². The molecule has 0 unspecified atom stereocenters. The van der Waals surface area contributed by atoms with E-state index >= 15 is 0 Å². The SMILES string of the molecule is O=C1/C(=C\c2cc(Cl)ccc2OCc2ccc([N+](=O)[O-])cc2)SC(=NCc2ccccc2)N1Cc1ccccc1. The molecule has 0 spiro atoms. The number of amides is 1. The van der Waals surface area contributed by atoms with Gasteiger partial charge in [-0.3, -0.25) is 24.8 Å². The summed E-state index contributed by atoms with van der Waals surface area (Å²) >= 11 is 7.63. The molecular formula is C31H24ClN3O4S. The van der Waals surface area contributed by atoms with E-state index in [0.29, 0.717) is 39.5 Å². The van der Waals surface area contributed by atoms with Crippen LogP contribution in [-0.2, 0) is 24.5 Å². The van der Waals surface area contributed by atoms with E-state index < -0.39 is 4.92 Å². The first kappa shape index (κ1) is 27.2. The van der Waals surface area contributed by atoms with Crippen molar-refractivity contribution in [3.63, 3.8) is 0 Å². The van der Waals surface area contributed by atoms with Gasteiger partial charge in [-0.15, -0.1) is 0 Å². The number of non-ortho nitro benzene ring substituents is 1. The maximum atomic E-state index is 13.6. The quantitative estimate of drug-likeness (QED) is 0.118. The van der Waals surface area contributed by atoms with Gasteiger partial charge in [0.2, 0.25) is 0 Å². The molecule has 4 aromatic carbocycles. The van der Waals surface area contributed by atoms with Crippen LogP contribution in [0.25, 0.3) is 6.08 Å². The minimum absolute atomic E-state index is 0.0159. The summed E-state index contributed by atoms with van der Waals surface area (Å²) in [6, 6.07) is 31.1. The highest BCUT2D eigenvalue weighted by molar-refractivity contribution is 8.18. The summed E-state index contributed by atoms with van der Waals surface area (Å²) in [4.78, 5) is 31.1. The molecule has 1 aliphatic heterocycles.